The number of carbonyl (C=O) groups is 1. The SMILES string of the molecule is C#CCCNc1ccccc1C(C)=O. The van der Waals surface area contributed by atoms with Gasteiger partial charge < -0.3 is 5.32 Å². The van der Waals surface area contributed by atoms with Crippen LogP contribution in [0.25, 0.3) is 0 Å². The second kappa shape index (κ2) is 5.08. The van der Waals surface area contributed by atoms with Crippen LogP contribution in [0.15, 0.2) is 24.3 Å². The largest absolute Gasteiger partial charge is 0.384 e. The maximum atomic E-state index is 11.2. The molecule has 0 fully saturated rings. The smallest absolute Gasteiger partial charge is 0.161 e. The average Bonchev–Trinajstić information content (AvgIpc) is 2.19. The Hall–Kier alpha value is -1.75. The van der Waals surface area contributed by atoms with E-state index in [1.807, 2.05) is 18.2 Å². The Morgan fingerprint density at radius 1 is 1.50 bits per heavy atom. The first-order valence-electron chi connectivity index (χ1n) is 4.53. The van der Waals surface area contributed by atoms with Gasteiger partial charge in [-0.05, 0) is 19.1 Å². The van der Waals surface area contributed by atoms with Crippen LogP contribution in [0.2, 0.25) is 0 Å². The van der Waals surface area contributed by atoms with E-state index in [1.165, 1.54) is 0 Å². The quantitative estimate of drug-likeness (QED) is 0.445. The zero-order valence-corrected chi connectivity index (χ0v) is 8.21. The number of rotatable bonds is 4. The zero-order valence-electron chi connectivity index (χ0n) is 8.21. The maximum absolute atomic E-state index is 11.2. The van der Waals surface area contributed by atoms with Crippen molar-refractivity contribution in [3.8, 4) is 12.3 Å². The Kier molecular flexibility index (Phi) is 3.75. The highest BCUT2D eigenvalue weighted by atomic mass is 16.1. The second-order valence-electron chi connectivity index (χ2n) is 2.98. The van der Waals surface area contributed by atoms with Gasteiger partial charge in [0, 0.05) is 24.2 Å². The normalized spacial score (nSPS) is 9.14. The average molecular weight is 187 g/mol. The van der Waals surface area contributed by atoms with E-state index in [2.05, 4.69) is 11.2 Å². The summed E-state index contributed by atoms with van der Waals surface area (Å²) in [4.78, 5) is 11.2. The summed E-state index contributed by atoms with van der Waals surface area (Å²) < 4.78 is 0. The van der Waals surface area contributed by atoms with Crippen LogP contribution in [0.3, 0.4) is 0 Å². The monoisotopic (exact) mass is 187 g/mol. The summed E-state index contributed by atoms with van der Waals surface area (Å²) in [5.74, 6) is 2.60. The Morgan fingerprint density at radius 2 is 2.21 bits per heavy atom. The molecule has 0 bridgehead atoms. The molecule has 0 radical (unpaired) electrons. The van der Waals surface area contributed by atoms with E-state index >= 15 is 0 Å². The lowest BCUT2D eigenvalue weighted by Gasteiger charge is -2.07. The van der Waals surface area contributed by atoms with Crippen molar-refractivity contribution < 1.29 is 4.79 Å². The first kappa shape index (κ1) is 10.3. The van der Waals surface area contributed by atoms with Crippen LogP contribution in [0.1, 0.15) is 23.7 Å². The molecule has 0 aliphatic carbocycles. The third-order valence-corrected chi connectivity index (χ3v) is 1.89. The predicted molar refractivity (Wildman–Crippen MR) is 58.4 cm³/mol. The lowest BCUT2D eigenvalue weighted by molar-refractivity contribution is 0.101. The van der Waals surface area contributed by atoms with E-state index in [0.29, 0.717) is 18.5 Å². The molecule has 1 aromatic carbocycles. The molecule has 1 N–H and O–H groups in total. The van der Waals surface area contributed by atoms with Gasteiger partial charge in [-0.2, -0.15) is 0 Å². The molecular formula is C12H13NO. The van der Waals surface area contributed by atoms with Crippen molar-refractivity contribution in [2.45, 2.75) is 13.3 Å². The molecule has 0 heterocycles. The lowest BCUT2D eigenvalue weighted by Crippen LogP contribution is -2.05. The molecule has 0 unspecified atom stereocenters. The summed E-state index contributed by atoms with van der Waals surface area (Å²) in [5.41, 5.74) is 1.57. The number of carbonyl (C=O) groups excluding carboxylic acids is 1. The van der Waals surface area contributed by atoms with Crippen LogP contribution >= 0.6 is 0 Å². The second-order valence-corrected chi connectivity index (χ2v) is 2.98. The fraction of sp³-hybridized carbons (Fsp3) is 0.250. The Morgan fingerprint density at radius 3 is 2.86 bits per heavy atom. The van der Waals surface area contributed by atoms with Crippen LogP contribution < -0.4 is 5.32 Å². The Labute approximate surface area is 84.3 Å². The van der Waals surface area contributed by atoms with Crippen molar-refractivity contribution >= 4 is 11.5 Å². The molecule has 0 amide bonds. The number of terminal acetylenes is 1. The van der Waals surface area contributed by atoms with Crippen molar-refractivity contribution in [3.63, 3.8) is 0 Å². The van der Waals surface area contributed by atoms with E-state index in [1.54, 1.807) is 13.0 Å². The number of anilines is 1. The molecule has 14 heavy (non-hydrogen) atoms. The van der Waals surface area contributed by atoms with E-state index in [-0.39, 0.29) is 5.78 Å². The zero-order chi connectivity index (χ0) is 10.4. The molecule has 72 valence electrons. The van der Waals surface area contributed by atoms with Gasteiger partial charge >= 0.3 is 0 Å². The van der Waals surface area contributed by atoms with Gasteiger partial charge in [0.1, 0.15) is 0 Å². The molecule has 1 rings (SSSR count). The summed E-state index contributed by atoms with van der Waals surface area (Å²) in [7, 11) is 0. The Balaban J connectivity index is 2.75. The van der Waals surface area contributed by atoms with Crippen molar-refractivity contribution in [1.29, 1.82) is 0 Å². The van der Waals surface area contributed by atoms with Crippen LogP contribution in [0.5, 0.6) is 0 Å². The van der Waals surface area contributed by atoms with Gasteiger partial charge in [0.2, 0.25) is 0 Å². The molecule has 0 spiro atoms. The first-order chi connectivity index (χ1) is 6.75. The number of Topliss-reactive ketones (excluding diaryl/α,β-unsaturated/α-hetero) is 1. The third kappa shape index (κ3) is 2.63. The van der Waals surface area contributed by atoms with Gasteiger partial charge in [0.05, 0.1) is 0 Å². The Bertz CT molecular complexity index is 363. The minimum atomic E-state index is 0.0637. The minimum Gasteiger partial charge on any atom is -0.384 e. The molecule has 1 aromatic rings. The van der Waals surface area contributed by atoms with Gasteiger partial charge in [0.15, 0.2) is 5.78 Å². The summed E-state index contributed by atoms with van der Waals surface area (Å²) in [6.45, 7) is 2.25. The fourth-order valence-corrected chi connectivity index (χ4v) is 1.21. The molecule has 0 atom stereocenters. The fourth-order valence-electron chi connectivity index (χ4n) is 1.21. The maximum Gasteiger partial charge on any atom is 0.161 e. The molecule has 0 saturated heterocycles. The molecular weight excluding hydrogens is 174 g/mol. The summed E-state index contributed by atoms with van der Waals surface area (Å²) in [5, 5.41) is 3.13. The number of hydrogen-bond donors (Lipinski definition) is 1. The summed E-state index contributed by atoms with van der Waals surface area (Å²) in [6.07, 6.45) is 5.79. The van der Waals surface area contributed by atoms with Crippen molar-refractivity contribution in [3.05, 3.63) is 29.8 Å². The van der Waals surface area contributed by atoms with Crippen molar-refractivity contribution in [2.75, 3.05) is 11.9 Å². The van der Waals surface area contributed by atoms with Crippen LogP contribution in [0, 0.1) is 12.3 Å². The predicted octanol–water partition coefficient (Wildman–Crippen LogP) is 2.32. The third-order valence-electron chi connectivity index (χ3n) is 1.89. The number of ketones is 1. The van der Waals surface area contributed by atoms with Gasteiger partial charge in [-0.25, -0.2) is 0 Å². The number of nitrogens with one attached hydrogen (secondary N) is 1. The number of hydrogen-bond acceptors (Lipinski definition) is 2. The molecule has 0 saturated carbocycles. The molecule has 2 heteroatoms. The summed E-state index contributed by atoms with van der Waals surface area (Å²) in [6, 6.07) is 7.43. The highest BCUT2D eigenvalue weighted by molar-refractivity contribution is 5.99. The van der Waals surface area contributed by atoms with Gasteiger partial charge in [-0.1, -0.05) is 12.1 Å². The van der Waals surface area contributed by atoms with E-state index in [0.717, 1.165) is 5.69 Å². The van der Waals surface area contributed by atoms with Crippen LogP contribution in [-0.4, -0.2) is 12.3 Å². The van der Waals surface area contributed by atoms with Crippen LogP contribution in [0.4, 0.5) is 5.69 Å². The topological polar surface area (TPSA) is 29.1 Å². The molecule has 0 aliphatic rings. The molecule has 0 aliphatic heterocycles. The molecule has 2 nitrogen and oxygen atoms in total. The van der Waals surface area contributed by atoms with Crippen LogP contribution in [-0.2, 0) is 0 Å². The van der Waals surface area contributed by atoms with E-state index in [4.69, 9.17) is 6.42 Å². The van der Waals surface area contributed by atoms with E-state index in [9.17, 15) is 4.79 Å². The lowest BCUT2D eigenvalue weighted by atomic mass is 10.1. The standard InChI is InChI=1S/C12H13NO/c1-3-4-9-13-12-8-6-5-7-11(12)10(2)14/h1,5-8,13H,4,9H2,2H3. The highest BCUT2D eigenvalue weighted by Gasteiger charge is 2.04. The minimum absolute atomic E-state index is 0.0637. The van der Waals surface area contributed by atoms with Gasteiger partial charge in [0.25, 0.3) is 0 Å². The molecule has 0 aromatic heterocycles. The van der Waals surface area contributed by atoms with Crippen molar-refractivity contribution in [2.24, 2.45) is 0 Å². The number of para-hydroxylation sites is 1. The van der Waals surface area contributed by atoms with E-state index < -0.39 is 0 Å². The highest BCUT2D eigenvalue weighted by Crippen LogP contribution is 2.14. The summed E-state index contributed by atoms with van der Waals surface area (Å²) >= 11 is 0. The van der Waals surface area contributed by atoms with Crippen molar-refractivity contribution in [1.82, 2.24) is 0 Å². The number of benzene rings is 1. The first-order valence-corrected chi connectivity index (χ1v) is 4.53. The van der Waals surface area contributed by atoms with Gasteiger partial charge in [-0.3, -0.25) is 4.79 Å². The van der Waals surface area contributed by atoms with Gasteiger partial charge in [-0.15, -0.1) is 12.3 Å².